The van der Waals surface area contributed by atoms with E-state index in [1.165, 1.54) is 11.1 Å². The van der Waals surface area contributed by atoms with Crippen LogP contribution in [-0.2, 0) is 24.2 Å². The highest BCUT2D eigenvalue weighted by Crippen LogP contribution is 2.14. The van der Waals surface area contributed by atoms with Crippen molar-refractivity contribution in [1.29, 1.82) is 0 Å². The molecule has 3 aromatic carbocycles. The zero-order chi connectivity index (χ0) is 22.7. The highest BCUT2D eigenvalue weighted by atomic mass is 35.5. The van der Waals surface area contributed by atoms with Crippen LogP contribution in [0.4, 0.5) is 0 Å². The van der Waals surface area contributed by atoms with Crippen LogP contribution >= 0.6 is 11.6 Å². The van der Waals surface area contributed by atoms with Gasteiger partial charge < -0.3 is 21.3 Å². The fourth-order valence-electron chi connectivity index (χ4n) is 2.64. The molecule has 0 saturated heterocycles. The van der Waals surface area contributed by atoms with E-state index >= 15 is 0 Å². The molecule has 0 saturated carbocycles. The van der Waals surface area contributed by atoms with Crippen molar-refractivity contribution in [3.63, 3.8) is 0 Å². The highest BCUT2D eigenvalue weighted by Gasteiger charge is 2.04. The highest BCUT2D eigenvalue weighted by molar-refractivity contribution is 6.31. The summed E-state index contributed by atoms with van der Waals surface area (Å²) >= 11 is 6.03. The second-order valence-corrected chi connectivity index (χ2v) is 6.93. The predicted molar refractivity (Wildman–Crippen MR) is 127 cm³/mol. The molecule has 0 fully saturated rings. The molecule has 0 bridgehead atoms. The molecule has 3 rings (SSSR count). The van der Waals surface area contributed by atoms with E-state index in [2.05, 4.69) is 17.4 Å². The number of halogens is 1. The van der Waals surface area contributed by atoms with Crippen LogP contribution in [0.3, 0.4) is 0 Å². The van der Waals surface area contributed by atoms with Crippen molar-refractivity contribution in [3.8, 4) is 0 Å². The summed E-state index contributed by atoms with van der Waals surface area (Å²) in [6.45, 7) is 0.470. The molecule has 0 atom stereocenters. The van der Waals surface area contributed by atoms with Gasteiger partial charge in [0.15, 0.2) is 0 Å². The molecule has 6 heteroatoms. The molecule has 3 aromatic rings. The van der Waals surface area contributed by atoms with Crippen LogP contribution in [0.2, 0.25) is 5.02 Å². The van der Waals surface area contributed by atoms with Gasteiger partial charge in [-0.15, -0.1) is 0 Å². The first-order chi connectivity index (χ1) is 15.1. The molecule has 0 unspecified atom stereocenters. The Balaban J connectivity index is 0.000000333. The zero-order valence-corrected chi connectivity index (χ0v) is 18.3. The summed E-state index contributed by atoms with van der Waals surface area (Å²) in [5.74, 6) is 0.0452. The fraction of sp³-hybridized carbons (Fsp3) is 0.240. The summed E-state index contributed by atoms with van der Waals surface area (Å²) < 4.78 is 0. The average molecular weight is 443 g/mol. The fourth-order valence-corrected chi connectivity index (χ4v) is 2.84. The van der Waals surface area contributed by atoms with Gasteiger partial charge in [0.1, 0.15) is 6.79 Å². The standard InChI is InChI=1S/C16H16ClNO.C8H11N.CH4O2/c17-15-9-5-4-8-14(15)12-18-16(19)11-10-13-6-2-1-3-7-13;9-7-6-8-4-2-1-3-5-8;2-1-3/h1-9H,10-12H2,(H,18,19);1-5H,6-7,9H2;2-3H,1H2. The SMILES string of the molecule is NCCc1ccccc1.O=C(CCc1ccccc1)NCc1ccccc1Cl.OCO. The van der Waals surface area contributed by atoms with E-state index in [0.717, 1.165) is 24.9 Å². The van der Waals surface area contributed by atoms with Gasteiger partial charge in [0.2, 0.25) is 5.91 Å². The van der Waals surface area contributed by atoms with E-state index < -0.39 is 6.79 Å². The number of carbonyl (C=O) groups is 1. The number of carbonyl (C=O) groups excluding carboxylic acids is 1. The smallest absolute Gasteiger partial charge is 0.220 e. The Morgan fingerprint density at radius 2 is 1.29 bits per heavy atom. The van der Waals surface area contributed by atoms with Crippen LogP contribution in [0.5, 0.6) is 0 Å². The molecule has 0 aromatic heterocycles. The van der Waals surface area contributed by atoms with E-state index in [1.54, 1.807) is 0 Å². The number of aryl methyl sites for hydroxylation is 1. The number of amides is 1. The third-order valence-electron chi connectivity index (χ3n) is 4.19. The number of rotatable bonds is 7. The molecule has 0 heterocycles. The van der Waals surface area contributed by atoms with Gasteiger partial charge in [0.25, 0.3) is 0 Å². The molecule has 0 aliphatic rings. The summed E-state index contributed by atoms with van der Waals surface area (Å²) in [7, 11) is 0. The van der Waals surface area contributed by atoms with Gasteiger partial charge in [-0.1, -0.05) is 90.5 Å². The van der Waals surface area contributed by atoms with Gasteiger partial charge in [-0.25, -0.2) is 0 Å². The Morgan fingerprint density at radius 3 is 1.81 bits per heavy atom. The van der Waals surface area contributed by atoms with E-state index in [9.17, 15) is 4.79 Å². The first-order valence-electron chi connectivity index (χ1n) is 10.1. The van der Waals surface area contributed by atoms with Gasteiger partial charge in [0, 0.05) is 18.0 Å². The summed E-state index contributed by atoms with van der Waals surface area (Å²) in [5, 5.41) is 17.8. The lowest BCUT2D eigenvalue weighted by Gasteiger charge is -2.07. The molecule has 1 amide bonds. The monoisotopic (exact) mass is 442 g/mol. The second-order valence-electron chi connectivity index (χ2n) is 6.52. The maximum absolute atomic E-state index is 11.7. The quantitative estimate of drug-likeness (QED) is 0.419. The molecular formula is C25H31ClN2O3. The van der Waals surface area contributed by atoms with Gasteiger partial charge >= 0.3 is 0 Å². The Morgan fingerprint density at radius 1 is 0.806 bits per heavy atom. The van der Waals surface area contributed by atoms with Crippen LogP contribution in [-0.4, -0.2) is 29.5 Å². The topological polar surface area (TPSA) is 95.6 Å². The van der Waals surface area contributed by atoms with Gasteiger partial charge in [0.05, 0.1) is 0 Å². The van der Waals surface area contributed by atoms with E-state index in [0.29, 0.717) is 18.0 Å². The minimum absolute atomic E-state index is 0.0452. The van der Waals surface area contributed by atoms with Crippen molar-refractivity contribution in [1.82, 2.24) is 5.32 Å². The molecule has 0 aliphatic carbocycles. The Hall–Kier alpha value is -2.70. The lowest BCUT2D eigenvalue weighted by Crippen LogP contribution is -2.23. The number of aliphatic hydroxyl groups excluding tert-OH is 1. The summed E-state index contributed by atoms with van der Waals surface area (Å²) in [5.41, 5.74) is 8.80. The van der Waals surface area contributed by atoms with Crippen LogP contribution < -0.4 is 11.1 Å². The summed E-state index contributed by atoms with van der Waals surface area (Å²) in [4.78, 5) is 11.7. The molecule has 0 aliphatic heterocycles. The zero-order valence-electron chi connectivity index (χ0n) is 17.6. The maximum atomic E-state index is 11.7. The lowest BCUT2D eigenvalue weighted by molar-refractivity contribution is -0.121. The predicted octanol–water partition coefficient (Wildman–Crippen LogP) is 3.71. The Labute approximate surface area is 189 Å². The number of hydrogen-bond acceptors (Lipinski definition) is 4. The first kappa shape index (κ1) is 26.3. The number of benzene rings is 3. The van der Waals surface area contributed by atoms with Crippen LogP contribution in [0, 0.1) is 0 Å². The van der Waals surface area contributed by atoms with E-state index in [4.69, 9.17) is 27.5 Å². The third kappa shape index (κ3) is 12.6. The molecular weight excluding hydrogens is 412 g/mol. The molecule has 166 valence electrons. The third-order valence-corrected chi connectivity index (χ3v) is 4.56. The number of aliphatic hydroxyl groups is 2. The van der Waals surface area contributed by atoms with Crippen molar-refractivity contribution in [3.05, 3.63) is 107 Å². The van der Waals surface area contributed by atoms with E-state index in [-0.39, 0.29) is 5.91 Å². The number of hydrogen-bond donors (Lipinski definition) is 4. The lowest BCUT2D eigenvalue weighted by atomic mass is 10.1. The largest absolute Gasteiger partial charge is 0.371 e. The van der Waals surface area contributed by atoms with Gasteiger partial charge in [-0.05, 0) is 42.1 Å². The minimum atomic E-state index is -0.750. The number of nitrogens with two attached hydrogens (primary N) is 1. The van der Waals surface area contributed by atoms with Crippen molar-refractivity contribution in [2.24, 2.45) is 5.73 Å². The summed E-state index contributed by atoms with van der Waals surface area (Å²) in [6, 6.07) is 27.8. The molecule has 5 N–H and O–H groups in total. The van der Waals surface area contributed by atoms with Crippen molar-refractivity contribution in [2.45, 2.75) is 25.8 Å². The summed E-state index contributed by atoms with van der Waals surface area (Å²) in [6.07, 6.45) is 2.24. The minimum Gasteiger partial charge on any atom is -0.371 e. The first-order valence-corrected chi connectivity index (χ1v) is 10.5. The molecule has 5 nitrogen and oxygen atoms in total. The molecule has 31 heavy (non-hydrogen) atoms. The Kier molecular flexibility index (Phi) is 14.5. The molecule has 0 spiro atoms. The maximum Gasteiger partial charge on any atom is 0.220 e. The Bertz CT molecular complexity index is 846. The average Bonchev–Trinajstić information content (AvgIpc) is 2.80. The van der Waals surface area contributed by atoms with Crippen molar-refractivity contribution < 1.29 is 15.0 Å². The normalized spacial score (nSPS) is 9.55. The second kappa shape index (κ2) is 17.0. The number of nitrogens with one attached hydrogen (secondary N) is 1. The van der Waals surface area contributed by atoms with Crippen LogP contribution in [0.1, 0.15) is 23.1 Å². The van der Waals surface area contributed by atoms with Gasteiger partial charge in [-0.2, -0.15) is 0 Å². The molecule has 0 radical (unpaired) electrons. The van der Waals surface area contributed by atoms with Crippen molar-refractivity contribution in [2.75, 3.05) is 13.3 Å². The van der Waals surface area contributed by atoms with E-state index in [1.807, 2.05) is 72.8 Å². The van der Waals surface area contributed by atoms with Crippen molar-refractivity contribution >= 4 is 17.5 Å². The van der Waals surface area contributed by atoms with Crippen LogP contribution in [0.15, 0.2) is 84.9 Å². The van der Waals surface area contributed by atoms with Gasteiger partial charge in [-0.3, -0.25) is 4.79 Å². The van der Waals surface area contributed by atoms with Crippen LogP contribution in [0.25, 0.3) is 0 Å².